The monoisotopic (exact) mass is 276 g/mol. The third-order valence-corrected chi connectivity index (χ3v) is 3.91. The van der Waals surface area contributed by atoms with E-state index < -0.39 is 0 Å². The molecule has 0 aromatic carbocycles. The summed E-state index contributed by atoms with van der Waals surface area (Å²) in [5.41, 5.74) is 8.23. The van der Waals surface area contributed by atoms with Crippen molar-refractivity contribution in [3.63, 3.8) is 0 Å². The van der Waals surface area contributed by atoms with Crippen molar-refractivity contribution in [2.75, 3.05) is 32.1 Å². The molecule has 1 fully saturated rings. The van der Waals surface area contributed by atoms with Gasteiger partial charge in [0, 0.05) is 31.4 Å². The number of aryl methyl sites for hydroxylation is 1. The van der Waals surface area contributed by atoms with E-state index in [4.69, 9.17) is 10.7 Å². The van der Waals surface area contributed by atoms with Gasteiger partial charge in [-0.2, -0.15) is 0 Å². The zero-order valence-electron chi connectivity index (χ0n) is 13.1. The fourth-order valence-electron chi connectivity index (χ4n) is 3.03. The number of anilines is 1. The van der Waals surface area contributed by atoms with Gasteiger partial charge >= 0.3 is 0 Å². The van der Waals surface area contributed by atoms with E-state index in [0.29, 0.717) is 12.6 Å². The first-order valence-corrected chi connectivity index (χ1v) is 7.75. The van der Waals surface area contributed by atoms with E-state index in [0.717, 1.165) is 31.7 Å². The van der Waals surface area contributed by atoms with Gasteiger partial charge in [-0.15, -0.1) is 0 Å². The predicted octanol–water partition coefficient (Wildman–Crippen LogP) is 2.02. The van der Waals surface area contributed by atoms with Gasteiger partial charge in [-0.05, 0) is 51.1 Å². The molecule has 2 rings (SSSR count). The van der Waals surface area contributed by atoms with E-state index in [1.54, 1.807) is 0 Å². The van der Waals surface area contributed by atoms with Crippen LogP contribution in [0.25, 0.3) is 0 Å². The maximum atomic E-state index is 5.84. The van der Waals surface area contributed by atoms with Crippen molar-refractivity contribution in [2.45, 2.75) is 45.2 Å². The van der Waals surface area contributed by atoms with Gasteiger partial charge in [0.1, 0.15) is 5.82 Å². The molecule has 4 heteroatoms. The summed E-state index contributed by atoms with van der Waals surface area (Å²) in [5.74, 6) is 1.13. The van der Waals surface area contributed by atoms with Crippen molar-refractivity contribution in [3.8, 4) is 0 Å². The van der Waals surface area contributed by atoms with E-state index >= 15 is 0 Å². The number of hydrogen-bond donors (Lipinski definition) is 1. The molecule has 1 aliphatic rings. The molecule has 112 valence electrons. The first-order valence-electron chi connectivity index (χ1n) is 7.75. The second kappa shape index (κ2) is 7.04. The Morgan fingerprint density at radius 3 is 2.85 bits per heavy atom. The van der Waals surface area contributed by atoms with Crippen LogP contribution in [0.4, 0.5) is 5.82 Å². The Balaban J connectivity index is 2.23. The molecule has 0 spiro atoms. The van der Waals surface area contributed by atoms with Crippen LogP contribution in [0.1, 0.15) is 37.4 Å². The van der Waals surface area contributed by atoms with Crippen molar-refractivity contribution in [3.05, 3.63) is 23.4 Å². The minimum absolute atomic E-state index is 0.583. The number of nitrogens with zero attached hydrogens (tertiary/aromatic N) is 3. The van der Waals surface area contributed by atoms with Gasteiger partial charge in [-0.1, -0.05) is 13.3 Å². The summed E-state index contributed by atoms with van der Waals surface area (Å²) in [6.45, 7) is 5.00. The van der Waals surface area contributed by atoms with Crippen LogP contribution in [0.5, 0.6) is 0 Å². The lowest BCUT2D eigenvalue weighted by Crippen LogP contribution is -2.38. The van der Waals surface area contributed by atoms with E-state index in [9.17, 15) is 0 Å². The molecular formula is C16H28N4. The zero-order chi connectivity index (χ0) is 14.5. The molecule has 1 aliphatic heterocycles. The Morgan fingerprint density at radius 2 is 2.20 bits per heavy atom. The van der Waals surface area contributed by atoms with Crippen molar-refractivity contribution >= 4 is 5.82 Å². The van der Waals surface area contributed by atoms with Gasteiger partial charge in [0.2, 0.25) is 0 Å². The highest BCUT2D eigenvalue weighted by Gasteiger charge is 2.26. The molecular weight excluding hydrogens is 248 g/mol. The maximum absolute atomic E-state index is 5.84. The molecule has 1 aromatic heterocycles. The third-order valence-electron chi connectivity index (χ3n) is 3.91. The van der Waals surface area contributed by atoms with Gasteiger partial charge in [0.05, 0.1) is 0 Å². The van der Waals surface area contributed by atoms with E-state index in [1.165, 1.54) is 24.1 Å². The molecule has 0 bridgehead atoms. The first-order chi connectivity index (χ1) is 9.63. The normalized spacial score (nSPS) is 19.1. The molecule has 0 amide bonds. The standard InChI is InChI=1S/C16H28N4/c1-4-6-14-9-13(11-17)10-16(18-14)20-8-5-7-15(20)12-19(2)3/h9-10,15H,4-8,11-12,17H2,1-3H3. The summed E-state index contributed by atoms with van der Waals surface area (Å²) in [6.07, 6.45) is 4.68. The van der Waals surface area contributed by atoms with Crippen molar-refractivity contribution in [1.82, 2.24) is 9.88 Å². The minimum atomic E-state index is 0.583. The highest BCUT2D eigenvalue weighted by atomic mass is 15.3. The van der Waals surface area contributed by atoms with Crippen LogP contribution < -0.4 is 10.6 Å². The largest absolute Gasteiger partial charge is 0.352 e. The summed E-state index contributed by atoms with van der Waals surface area (Å²) < 4.78 is 0. The summed E-state index contributed by atoms with van der Waals surface area (Å²) >= 11 is 0. The third kappa shape index (κ3) is 3.70. The lowest BCUT2D eigenvalue weighted by atomic mass is 10.1. The van der Waals surface area contributed by atoms with Gasteiger partial charge in [0.15, 0.2) is 0 Å². The number of aromatic nitrogens is 1. The summed E-state index contributed by atoms with van der Waals surface area (Å²) in [7, 11) is 4.28. The first kappa shape index (κ1) is 15.3. The quantitative estimate of drug-likeness (QED) is 0.863. The van der Waals surface area contributed by atoms with Crippen LogP contribution in [-0.2, 0) is 13.0 Å². The Kier molecular flexibility index (Phi) is 5.38. The topological polar surface area (TPSA) is 45.4 Å². The molecule has 4 nitrogen and oxygen atoms in total. The van der Waals surface area contributed by atoms with Gasteiger partial charge in [0.25, 0.3) is 0 Å². The number of pyridine rings is 1. The fourth-order valence-corrected chi connectivity index (χ4v) is 3.03. The molecule has 1 unspecified atom stereocenters. The molecule has 20 heavy (non-hydrogen) atoms. The predicted molar refractivity (Wildman–Crippen MR) is 85.0 cm³/mol. The smallest absolute Gasteiger partial charge is 0.129 e. The summed E-state index contributed by atoms with van der Waals surface area (Å²) in [6, 6.07) is 4.91. The van der Waals surface area contributed by atoms with Crippen LogP contribution in [0.15, 0.2) is 12.1 Å². The number of hydrogen-bond acceptors (Lipinski definition) is 4. The Hall–Kier alpha value is -1.13. The Bertz CT molecular complexity index is 430. The highest BCUT2D eigenvalue weighted by Crippen LogP contribution is 2.25. The molecule has 1 atom stereocenters. The van der Waals surface area contributed by atoms with E-state index in [2.05, 4.69) is 43.0 Å². The van der Waals surface area contributed by atoms with Crippen LogP contribution in [0.3, 0.4) is 0 Å². The highest BCUT2D eigenvalue weighted by molar-refractivity contribution is 5.45. The Labute approximate surface area is 123 Å². The Morgan fingerprint density at radius 1 is 1.40 bits per heavy atom. The zero-order valence-corrected chi connectivity index (χ0v) is 13.1. The SMILES string of the molecule is CCCc1cc(CN)cc(N2CCCC2CN(C)C)n1. The molecule has 1 saturated heterocycles. The van der Waals surface area contributed by atoms with E-state index in [-0.39, 0.29) is 0 Å². The molecule has 0 saturated carbocycles. The summed E-state index contributed by atoms with van der Waals surface area (Å²) in [5, 5.41) is 0. The molecule has 2 N–H and O–H groups in total. The average molecular weight is 276 g/mol. The van der Waals surface area contributed by atoms with Crippen molar-refractivity contribution in [1.29, 1.82) is 0 Å². The fraction of sp³-hybridized carbons (Fsp3) is 0.688. The number of nitrogens with two attached hydrogens (primary N) is 1. The lowest BCUT2D eigenvalue weighted by Gasteiger charge is -2.28. The number of rotatable bonds is 6. The van der Waals surface area contributed by atoms with E-state index in [1.807, 2.05) is 0 Å². The molecule has 1 aromatic rings. The van der Waals surface area contributed by atoms with Crippen LogP contribution >= 0.6 is 0 Å². The molecule has 2 heterocycles. The molecule has 0 radical (unpaired) electrons. The average Bonchev–Trinajstić information content (AvgIpc) is 2.86. The van der Waals surface area contributed by atoms with Crippen molar-refractivity contribution < 1.29 is 0 Å². The molecule has 0 aliphatic carbocycles. The maximum Gasteiger partial charge on any atom is 0.129 e. The summed E-state index contributed by atoms with van der Waals surface area (Å²) in [4.78, 5) is 9.60. The van der Waals surface area contributed by atoms with Gasteiger partial charge < -0.3 is 15.5 Å². The lowest BCUT2D eigenvalue weighted by molar-refractivity contribution is 0.371. The van der Waals surface area contributed by atoms with Gasteiger partial charge in [-0.3, -0.25) is 0 Å². The van der Waals surface area contributed by atoms with Crippen LogP contribution in [0, 0.1) is 0 Å². The second-order valence-electron chi connectivity index (χ2n) is 6.03. The van der Waals surface area contributed by atoms with Gasteiger partial charge in [-0.25, -0.2) is 4.98 Å². The number of likely N-dealkylation sites (N-methyl/N-ethyl adjacent to an activating group) is 1. The van der Waals surface area contributed by atoms with Crippen molar-refractivity contribution in [2.24, 2.45) is 5.73 Å². The second-order valence-corrected chi connectivity index (χ2v) is 6.03. The van der Waals surface area contributed by atoms with Crippen LogP contribution in [0.2, 0.25) is 0 Å². The van der Waals surface area contributed by atoms with Crippen LogP contribution in [-0.4, -0.2) is 43.1 Å². The minimum Gasteiger partial charge on any atom is -0.352 e.